The van der Waals surface area contributed by atoms with E-state index in [1.54, 1.807) is 6.07 Å². The number of nitrogens with zero attached hydrogens (tertiary/aromatic N) is 3. The molecule has 0 aliphatic carbocycles. The Morgan fingerprint density at radius 2 is 1.30 bits per heavy atom. The number of aromatic nitrogens is 3. The van der Waals surface area contributed by atoms with Crippen LogP contribution in [0.2, 0.25) is 0 Å². The van der Waals surface area contributed by atoms with E-state index in [1.807, 2.05) is 48.5 Å². The second kappa shape index (κ2) is 11.3. The van der Waals surface area contributed by atoms with Crippen LogP contribution >= 0.6 is 0 Å². The van der Waals surface area contributed by atoms with Gasteiger partial charge >= 0.3 is 0 Å². The number of fused-ring (bicyclic) bond motifs is 4. The zero-order chi connectivity index (χ0) is 32.2. The molecule has 8 rings (SSSR count). The van der Waals surface area contributed by atoms with Gasteiger partial charge in [-0.2, -0.15) is 0 Å². The van der Waals surface area contributed by atoms with Crippen molar-refractivity contribution < 1.29 is 9.52 Å². The predicted molar refractivity (Wildman–Crippen MR) is 192 cm³/mol. The molecule has 0 fully saturated rings. The Morgan fingerprint density at radius 3 is 2.04 bits per heavy atom. The molecule has 0 atom stereocenters. The van der Waals surface area contributed by atoms with Crippen LogP contribution in [0.1, 0.15) is 50.7 Å². The summed E-state index contributed by atoms with van der Waals surface area (Å²) in [6.45, 7) is 8.89. The number of phenols is 1. The lowest BCUT2D eigenvalue weighted by atomic mass is 9.92. The summed E-state index contributed by atoms with van der Waals surface area (Å²) < 4.78 is 8.30. The number of rotatable bonds is 6. The molecule has 0 unspecified atom stereocenters. The van der Waals surface area contributed by atoms with Crippen molar-refractivity contribution in [3.05, 3.63) is 133 Å². The zero-order valence-corrected chi connectivity index (χ0v) is 26.9. The largest absolute Gasteiger partial charge is 0.507 e. The maximum atomic E-state index is 11.6. The van der Waals surface area contributed by atoms with Crippen molar-refractivity contribution in [2.45, 2.75) is 39.5 Å². The van der Waals surface area contributed by atoms with Crippen LogP contribution in [0.4, 0.5) is 0 Å². The highest BCUT2D eigenvalue weighted by atomic mass is 16.3. The molecule has 0 saturated carbocycles. The first-order chi connectivity index (χ1) is 22.9. The molecule has 230 valence electrons. The van der Waals surface area contributed by atoms with E-state index in [9.17, 15) is 5.11 Å². The predicted octanol–water partition coefficient (Wildman–Crippen LogP) is 11.3. The first-order valence-electron chi connectivity index (χ1n) is 16.2. The minimum absolute atomic E-state index is 0.110. The summed E-state index contributed by atoms with van der Waals surface area (Å²) in [6.07, 6.45) is 2.10. The molecular weight excluding hydrogens is 578 g/mol. The van der Waals surface area contributed by atoms with Crippen LogP contribution in [0.3, 0.4) is 0 Å². The van der Waals surface area contributed by atoms with E-state index in [2.05, 4.69) is 99.1 Å². The van der Waals surface area contributed by atoms with E-state index in [0.29, 0.717) is 17.0 Å². The third-order valence-electron chi connectivity index (χ3n) is 9.08. The Morgan fingerprint density at radius 1 is 0.617 bits per heavy atom. The van der Waals surface area contributed by atoms with E-state index in [4.69, 9.17) is 14.4 Å². The van der Waals surface area contributed by atoms with Crippen molar-refractivity contribution in [1.29, 1.82) is 0 Å². The van der Waals surface area contributed by atoms with Crippen LogP contribution in [0, 0.1) is 0 Å². The first kappa shape index (κ1) is 28.8. The third-order valence-corrected chi connectivity index (χ3v) is 9.08. The molecule has 5 heteroatoms. The van der Waals surface area contributed by atoms with Gasteiger partial charge in [0, 0.05) is 34.0 Å². The van der Waals surface area contributed by atoms with Gasteiger partial charge in [0.15, 0.2) is 0 Å². The lowest BCUT2D eigenvalue weighted by Gasteiger charge is -2.22. The second-order valence-corrected chi connectivity index (χ2v) is 12.8. The van der Waals surface area contributed by atoms with Crippen molar-refractivity contribution in [2.24, 2.45) is 0 Å². The normalized spacial score (nSPS) is 11.9. The Hall–Kier alpha value is -5.68. The highest BCUT2D eigenvalue weighted by molar-refractivity contribution is 6.07. The summed E-state index contributed by atoms with van der Waals surface area (Å²) >= 11 is 0. The average Bonchev–Trinajstić information content (AvgIpc) is 3.68. The molecule has 8 aromatic rings. The van der Waals surface area contributed by atoms with Crippen LogP contribution in [0.15, 0.2) is 126 Å². The lowest BCUT2D eigenvalue weighted by molar-refractivity contribution is 0.476. The molecule has 5 nitrogen and oxygen atoms in total. The molecule has 0 saturated heterocycles. The van der Waals surface area contributed by atoms with Gasteiger partial charge in [-0.05, 0) is 46.5 Å². The molecule has 0 aliphatic rings. The molecular formula is C42H35N3O2. The number of hydrogen-bond acceptors (Lipinski definition) is 4. The van der Waals surface area contributed by atoms with Gasteiger partial charge in [-0.1, -0.05) is 119 Å². The minimum Gasteiger partial charge on any atom is -0.507 e. The van der Waals surface area contributed by atoms with Crippen LogP contribution in [0.25, 0.3) is 72.4 Å². The summed E-state index contributed by atoms with van der Waals surface area (Å²) in [5.41, 5.74) is 9.03. The fourth-order valence-corrected chi connectivity index (χ4v) is 6.74. The van der Waals surface area contributed by atoms with Gasteiger partial charge in [-0.15, -0.1) is 0 Å². The van der Waals surface area contributed by atoms with E-state index in [0.717, 1.165) is 55.5 Å². The summed E-state index contributed by atoms with van der Waals surface area (Å²) in [5, 5.41) is 15.7. The Kier molecular flexibility index (Phi) is 6.91. The van der Waals surface area contributed by atoms with Crippen molar-refractivity contribution in [3.8, 4) is 45.5 Å². The second-order valence-electron chi connectivity index (χ2n) is 12.8. The molecule has 3 heterocycles. The molecule has 0 amide bonds. The Balaban J connectivity index is 1.46. The number of aromatic hydroxyl groups is 1. The summed E-state index contributed by atoms with van der Waals surface area (Å²) in [7, 11) is 0. The molecule has 0 radical (unpaired) electrons. The van der Waals surface area contributed by atoms with E-state index in [1.165, 1.54) is 11.1 Å². The molecule has 3 aromatic heterocycles. The van der Waals surface area contributed by atoms with Crippen molar-refractivity contribution in [3.63, 3.8) is 0 Å². The topological polar surface area (TPSA) is 64.1 Å². The van der Waals surface area contributed by atoms with Gasteiger partial charge in [0.25, 0.3) is 0 Å². The number of para-hydroxylation sites is 2. The van der Waals surface area contributed by atoms with Crippen LogP contribution in [-0.2, 0) is 0 Å². The molecule has 0 spiro atoms. The van der Waals surface area contributed by atoms with Gasteiger partial charge in [0.1, 0.15) is 28.4 Å². The van der Waals surface area contributed by atoms with Gasteiger partial charge in [0.2, 0.25) is 0 Å². The third kappa shape index (κ3) is 4.86. The summed E-state index contributed by atoms with van der Waals surface area (Å²) in [4.78, 5) is 10.6. The van der Waals surface area contributed by atoms with Crippen molar-refractivity contribution in [1.82, 2.24) is 14.5 Å². The maximum absolute atomic E-state index is 11.6. The SMILES string of the molecule is CC(C)c1cccc(C(C)C)c1-n1cc(-c2nc(-c3ccccc3)cc3ccccc23)nc1-c1cc2c(cc1O)oc1ccccc12. The fourth-order valence-electron chi connectivity index (χ4n) is 6.74. The monoisotopic (exact) mass is 613 g/mol. The lowest BCUT2D eigenvalue weighted by Crippen LogP contribution is -2.07. The van der Waals surface area contributed by atoms with Gasteiger partial charge in [0.05, 0.1) is 22.6 Å². The van der Waals surface area contributed by atoms with E-state index >= 15 is 0 Å². The fraction of sp³-hybridized carbons (Fsp3) is 0.143. The van der Waals surface area contributed by atoms with Gasteiger partial charge < -0.3 is 9.52 Å². The number of pyridine rings is 1. The highest BCUT2D eigenvalue weighted by Crippen LogP contribution is 2.42. The summed E-state index contributed by atoms with van der Waals surface area (Å²) in [5.74, 6) is 1.28. The highest BCUT2D eigenvalue weighted by Gasteiger charge is 2.25. The summed E-state index contributed by atoms with van der Waals surface area (Å²) in [6, 6.07) is 39.0. The molecule has 47 heavy (non-hydrogen) atoms. The minimum atomic E-state index is 0.110. The average molecular weight is 614 g/mol. The first-order valence-corrected chi connectivity index (χ1v) is 16.2. The van der Waals surface area contributed by atoms with Gasteiger partial charge in [-0.25, -0.2) is 9.97 Å². The number of benzene rings is 5. The molecule has 1 N–H and O–H groups in total. The van der Waals surface area contributed by atoms with Crippen molar-refractivity contribution in [2.75, 3.05) is 0 Å². The van der Waals surface area contributed by atoms with E-state index < -0.39 is 0 Å². The number of phenolic OH excluding ortho intramolecular Hbond substituents is 1. The molecule has 5 aromatic carbocycles. The van der Waals surface area contributed by atoms with Crippen LogP contribution in [0.5, 0.6) is 5.75 Å². The van der Waals surface area contributed by atoms with Crippen LogP contribution in [-0.4, -0.2) is 19.6 Å². The van der Waals surface area contributed by atoms with Crippen molar-refractivity contribution >= 4 is 32.7 Å². The van der Waals surface area contributed by atoms with Gasteiger partial charge in [-0.3, -0.25) is 4.57 Å². The Labute approximate surface area is 273 Å². The molecule has 0 aliphatic heterocycles. The molecule has 0 bridgehead atoms. The smallest absolute Gasteiger partial charge is 0.149 e. The standard InChI is InChI=1S/C42H35N3O2/c1-25(2)29-18-12-19-30(26(3)4)41(29)45-24-36(40-31-16-9-8-15-28(31)21-35(43-40)27-13-6-5-7-14-27)44-42(45)34-22-33-32-17-10-11-20-38(32)47-39(33)23-37(34)46/h5-26,46H,1-4H3. The number of furan rings is 1. The maximum Gasteiger partial charge on any atom is 0.149 e. The number of imidazole rings is 1. The van der Waals surface area contributed by atoms with E-state index in [-0.39, 0.29) is 17.6 Å². The van der Waals surface area contributed by atoms with Crippen LogP contribution < -0.4 is 0 Å². The quantitative estimate of drug-likeness (QED) is 0.203. The zero-order valence-electron chi connectivity index (χ0n) is 26.9. The Bertz CT molecular complexity index is 2410. The number of hydrogen-bond donors (Lipinski definition) is 1.